The van der Waals surface area contributed by atoms with E-state index in [2.05, 4.69) is 36.4 Å². The van der Waals surface area contributed by atoms with E-state index in [1.807, 2.05) is 12.1 Å². The van der Waals surface area contributed by atoms with Gasteiger partial charge in [0, 0.05) is 33.3 Å². The largest absolute Gasteiger partial charge is 0.395 e. The third-order valence-corrected chi connectivity index (χ3v) is 5.15. The topological polar surface area (TPSA) is 74.2 Å². The van der Waals surface area contributed by atoms with Crippen LogP contribution in [-0.2, 0) is 16.6 Å². The van der Waals surface area contributed by atoms with Crippen LogP contribution >= 0.6 is 34.5 Å². The first kappa shape index (κ1) is 21.1. The zero-order valence-electron chi connectivity index (χ0n) is 15.0. The van der Waals surface area contributed by atoms with Gasteiger partial charge in [-0.3, -0.25) is 4.79 Å². The maximum absolute atomic E-state index is 12.0. The molecule has 0 saturated carbocycles. The van der Waals surface area contributed by atoms with E-state index in [1.54, 1.807) is 6.07 Å². The van der Waals surface area contributed by atoms with Crippen LogP contribution in [0.15, 0.2) is 18.2 Å². The Kier molecular flexibility index (Phi) is 7.43. The molecule has 1 amide bonds. The Bertz CT molecular complexity index is 772. The maximum Gasteiger partial charge on any atom is 0.240 e. The first-order chi connectivity index (χ1) is 12.2. The Morgan fingerprint density at radius 1 is 1.31 bits per heavy atom. The molecule has 0 aliphatic carbocycles. The molecule has 0 fully saturated rings. The molecule has 2 rings (SSSR count). The van der Waals surface area contributed by atoms with Crippen molar-refractivity contribution in [2.45, 2.75) is 32.6 Å². The van der Waals surface area contributed by atoms with E-state index in [0.29, 0.717) is 28.1 Å². The molecular weight excluding hydrogens is 393 g/mol. The number of aliphatic hydroxyl groups is 1. The fourth-order valence-corrected chi connectivity index (χ4v) is 4.08. The quantitative estimate of drug-likeness (QED) is 0.600. The Hall–Kier alpha value is -1.18. The van der Waals surface area contributed by atoms with E-state index in [0.717, 1.165) is 16.1 Å². The predicted molar refractivity (Wildman–Crippen MR) is 109 cm³/mol. The van der Waals surface area contributed by atoms with Gasteiger partial charge in [-0.05, 0) is 17.7 Å². The number of rotatable bonds is 7. The lowest BCUT2D eigenvalue weighted by Crippen LogP contribution is -2.30. The average molecular weight is 416 g/mol. The molecule has 5 nitrogen and oxygen atoms in total. The van der Waals surface area contributed by atoms with E-state index in [4.69, 9.17) is 28.3 Å². The van der Waals surface area contributed by atoms with Gasteiger partial charge in [0.25, 0.3) is 0 Å². The minimum Gasteiger partial charge on any atom is -0.395 e. The second-order valence-electron chi connectivity index (χ2n) is 6.90. The number of hydrogen-bond acceptors (Lipinski definition) is 5. The molecular formula is C18H23Cl2N3O2S. The van der Waals surface area contributed by atoms with Gasteiger partial charge in [-0.1, -0.05) is 50.0 Å². The lowest BCUT2D eigenvalue weighted by Gasteiger charge is -2.17. The molecule has 1 aromatic heterocycles. The number of halogens is 2. The van der Waals surface area contributed by atoms with Crippen LogP contribution in [0, 0.1) is 0 Å². The molecule has 0 aliphatic heterocycles. The molecule has 142 valence electrons. The molecule has 1 aromatic carbocycles. The highest BCUT2D eigenvalue weighted by Gasteiger charge is 2.24. The Morgan fingerprint density at radius 2 is 2.04 bits per heavy atom. The highest BCUT2D eigenvalue weighted by molar-refractivity contribution is 7.15. The molecule has 8 heteroatoms. The second-order valence-corrected chi connectivity index (χ2v) is 8.83. The van der Waals surface area contributed by atoms with Gasteiger partial charge in [-0.2, -0.15) is 0 Å². The average Bonchev–Trinajstić information content (AvgIpc) is 2.93. The number of nitrogens with zero attached hydrogens (tertiary/aromatic N) is 1. The summed E-state index contributed by atoms with van der Waals surface area (Å²) < 4.78 is 0. The number of thiazole rings is 1. The highest BCUT2D eigenvalue weighted by Crippen LogP contribution is 2.35. The van der Waals surface area contributed by atoms with Crippen LogP contribution in [0.2, 0.25) is 10.0 Å². The minimum atomic E-state index is -0.191. The van der Waals surface area contributed by atoms with Crippen molar-refractivity contribution >= 4 is 45.6 Å². The van der Waals surface area contributed by atoms with Crippen molar-refractivity contribution < 1.29 is 9.90 Å². The number of aliphatic hydroxyl groups excluding tert-OH is 1. The van der Waals surface area contributed by atoms with E-state index >= 15 is 0 Å². The van der Waals surface area contributed by atoms with Crippen molar-refractivity contribution in [3.05, 3.63) is 44.4 Å². The normalized spacial score (nSPS) is 11.6. The highest BCUT2D eigenvalue weighted by atomic mass is 35.5. The van der Waals surface area contributed by atoms with Gasteiger partial charge in [0.2, 0.25) is 5.91 Å². The molecule has 0 radical (unpaired) electrons. The van der Waals surface area contributed by atoms with Crippen molar-refractivity contribution in [2.24, 2.45) is 0 Å². The van der Waals surface area contributed by atoms with Crippen molar-refractivity contribution in [2.75, 3.05) is 25.0 Å². The summed E-state index contributed by atoms with van der Waals surface area (Å²) in [6, 6.07) is 5.45. The molecule has 2 aromatic rings. The predicted octanol–water partition coefficient (Wildman–Crippen LogP) is 3.86. The first-order valence-electron chi connectivity index (χ1n) is 8.26. The van der Waals surface area contributed by atoms with Gasteiger partial charge in [0.1, 0.15) is 0 Å². The summed E-state index contributed by atoms with van der Waals surface area (Å²) in [5.74, 6) is -0.191. The van der Waals surface area contributed by atoms with Crippen molar-refractivity contribution in [1.82, 2.24) is 10.3 Å². The molecule has 0 atom stereocenters. The van der Waals surface area contributed by atoms with E-state index in [9.17, 15) is 4.79 Å². The monoisotopic (exact) mass is 415 g/mol. The van der Waals surface area contributed by atoms with Crippen molar-refractivity contribution in [3.8, 4) is 0 Å². The molecule has 0 spiro atoms. The van der Waals surface area contributed by atoms with Gasteiger partial charge in [0.15, 0.2) is 5.13 Å². The Labute approximate surface area is 167 Å². The maximum atomic E-state index is 12.0. The molecule has 0 aliphatic rings. The SMILES string of the molecule is CC(C)(C)c1nc(NC(=O)CNCCO)sc1Cc1ccc(Cl)cc1Cl. The Morgan fingerprint density at radius 3 is 2.65 bits per heavy atom. The van der Waals surface area contributed by atoms with Gasteiger partial charge in [0.05, 0.1) is 18.8 Å². The van der Waals surface area contributed by atoms with E-state index < -0.39 is 0 Å². The number of nitrogens with one attached hydrogen (secondary N) is 2. The molecule has 0 unspecified atom stereocenters. The van der Waals surface area contributed by atoms with Crippen LogP contribution in [0.1, 0.15) is 36.9 Å². The number of amides is 1. The third kappa shape index (κ3) is 5.93. The molecule has 0 saturated heterocycles. The summed E-state index contributed by atoms with van der Waals surface area (Å²) in [5.41, 5.74) is 1.74. The van der Waals surface area contributed by atoms with Crippen LogP contribution in [0.4, 0.5) is 5.13 Å². The summed E-state index contributed by atoms with van der Waals surface area (Å²) in [7, 11) is 0. The number of aromatic nitrogens is 1. The number of carbonyl (C=O) groups is 1. The Balaban J connectivity index is 2.22. The standard InChI is InChI=1S/C18H23Cl2N3O2S/c1-18(2,3)16-14(8-11-4-5-12(19)9-13(11)20)26-17(23-16)22-15(25)10-21-6-7-24/h4-5,9,21,24H,6-8,10H2,1-3H3,(H,22,23,25). The van der Waals surface area contributed by atoms with Gasteiger partial charge >= 0.3 is 0 Å². The summed E-state index contributed by atoms with van der Waals surface area (Å²) in [5, 5.41) is 16.2. The minimum absolute atomic E-state index is 0.00922. The van der Waals surface area contributed by atoms with Crippen LogP contribution in [0.25, 0.3) is 0 Å². The molecule has 0 bridgehead atoms. The molecule has 1 heterocycles. The summed E-state index contributed by atoms with van der Waals surface area (Å²) in [6.07, 6.45) is 0.624. The fourth-order valence-electron chi connectivity index (χ4n) is 2.39. The van der Waals surface area contributed by atoms with E-state index in [1.165, 1.54) is 11.3 Å². The van der Waals surface area contributed by atoms with Crippen molar-refractivity contribution in [1.29, 1.82) is 0 Å². The van der Waals surface area contributed by atoms with Gasteiger partial charge in [-0.15, -0.1) is 11.3 Å². The lowest BCUT2D eigenvalue weighted by molar-refractivity contribution is -0.115. The van der Waals surface area contributed by atoms with Crippen molar-refractivity contribution in [3.63, 3.8) is 0 Å². The van der Waals surface area contributed by atoms with Crippen LogP contribution < -0.4 is 10.6 Å². The fraction of sp³-hybridized carbons (Fsp3) is 0.444. The molecule has 26 heavy (non-hydrogen) atoms. The van der Waals surface area contributed by atoms with Crippen LogP contribution in [0.5, 0.6) is 0 Å². The second kappa shape index (κ2) is 9.15. The third-order valence-electron chi connectivity index (χ3n) is 3.59. The molecule has 3 N–H and O–H groups in total. The zero-order valence-corrected chi connectivity index (χ0v) is 17.4. The summed E-state index contributed by atoms with van der Waals surface area (Å²) in [6.45, 7) is 6.75. The first-order valence-corrected chi connectivity index (χ1v) is 9.83. The van der Waals surface area contributed by atoms with Crippen LogP contribution in [0.3, 0.4) is 0 Å². The number of anilines is 1. The number of carbonyl (C=O) groups excluding carboxylic acids is 1. The summed E-state index contributed by atoms with van der Waals surface area (Å²) in [4.78, 5) is 17.7. The van der Waals surface area contributed by atoms with Crippen LogP contribution in [-0.4, -0.2) is 35.7 Å². The zero-order chi connectivity index (χ0) is 19.3. The number of hydrogen-bond donors (Lipinski definition) is 3. The lowest BCUT2D eigenvalue weighted by atomic mass is 9.90. The van der Waals surface area contributed by atoms with Gasteiger partial charge in [-0.25, -0.2) is 4.98 Å². The number of benzene rings is 1. The van der Waals surface area contributed by atoms with Gasteiger partial charge < -0.3 is 15.7 Å². The summed E-state index contributed by atoms with van der Waals surface area (Å²) >= 11 is 13.7. The smallest absolute Gasteiger partial charge is 0.240 e. The van der Waals surface area contributed by atoms with E-state index in [-0.39, 0.29) is 24.5 Å².